The molecule has 0 unspecified atom stereocenters. The average molecular weight is 404 g/mol. The number of rotatable bonds is 6. The molecule has 30 heavy (non-hydrogen) atoms. The van der Waals surface area contributed by atoms with Crippen molar-refractivity contribution in [3.63, 3.8) is 0 Å². The Balaban J connectivity index is 1.99. The van der Waals surface area contributed by atoms with Crippen molar-refractivity contribution in [2.24, 2.45) is 0 Å². The zero-order valence-electron chi connectivity index (χ0n) is 17.2. The molecule has 0 radical (unpaired) electrons. The molecule has 0 saturated heterocycles. The molecule has 3 aromatic rings. The normalized spacial score (nSPS) is 10.5. The minimum absolute atomic E-state index is 0.101. The highest BCUT2D eigenvalue weighted by Gasteiger charge is 2.19. The van der Waals surface area contributed by atoms with Gasteiger partial charge in [0.15, 0.2) is 0 Å². The fourth-order valence-corrected chi connectivity index (χ4v) is 3.26. The highest BCUT2D eigenvalue weighted by molar-refractivity contribution is 5.94. The molecule has 7 nitrogen and oxygen atoms in total. The first-order chi connectivity index (χ1) is 14.4. The van der Waals surface area contributed by atoms with Crippen LogP contribution in [0, 0.1) is 13.8 Å². The number of carbonyl (C=O) groups excluding carboxylic acids is 2. The van der Waals surface area contributed by atoms with E-state index in [1.54, 1.807) is 19.1 Å². The van der Waals surface area contributed by atoms with Crippen molar-refractivity contribution in [3.05, 3.63) is 81.8 Å². The van der Waals surface area contributed by atoms with Crippen molar-refractivity contribution in [2.75, 3.05) is 11.9 Å². The van der Waals surface area contributed by atoms with Gasteiger partial charge in [0, 0.05) is 24.0 Å². The smallest absolute Gasteiger partial charge is 0.267 e. The summed E-state index contributed by atoms with van der Waals surface area (Å²) in [7, 11) is 0. The Kier molecular flexibility index (Phi) is 6.41. The van der Waals surface area contributed by atoms with Gasteiger partial charge < -0.3 is 10.6 Å². The molecule has 3 rings (SSSR count). The van der Waals surface area contributed by atoms with Crippen molar-refractivity contribution >= 4 is 17.5 Å². The molecule has 2 amide bonds. The number of aromatic nitrogens is 2. The quantitative estimate of drug-likeness (QED) is 0.661. The first kappa shape index (κ1) is 21.0. The molecule has 0 bridgehead atoms. The number of carbonyl (C=O) groups is 2. The Morgan fingerprint density at radius 3 is 2.33 bits per heavy atom. The maximum absolute atomic E-state index is 13.1. The summed E-state index contributed by atoms with van der Waals surface area (Å²) >= 11 is 0. The van der Waals surface area contributed by atoms with E-state index in [9.17, 15) is 14.4 Å². The van der Waals surface area contributed by atoms with E-state index in [-0.39, 0.29) is 18.0 Å². The SMILES string of the molecule is CCNC(=O)c1cnc(-c2ccccc2)n(CC(=O)Nc2cc(C)cc(C)c2)c1=O. The highest BCUT2D eigenvalue weighted by Crippen LogP contribution is 2.17. The first-order valence-corrected chi connectivity index (χ1v) is 9.70. The summed E-state index contributed by atoms with van der Waals surface area (Å²) in [5.74, 6) is -0.573. The summed E-state index contributed by atoms with van der Waals surface area (Å²) in [5.41, 5.74) is 2.71. The molecule has 0 spiro atoms. The maximum atomic E-state index is 13.1. The topological polar surface area (TPSA) is 93.1 Å². The summed E-state index contributed by atoms with van der Waals surface area (Å²) in [6, 6.07) is 14.8. The molecular weight excluding hydrogens is 380 g/mol. The number of amides is 2. The van der Waals surface area contributed by atoms with Gasteiger partial charge >= 0.3 is 0 Å². The molecule has 0 atom stereocenters. The van der Waals surface area contributed by atoms with Crippen molar-refractivity contribution in [1.82, 2.24) is 14.9 Å². The third-order valence-electron chi connectivity index (χ3n) is 4.47. The van der Waals surface area contributed by atoms with Gasteiger partial charge in [-0.2, -0.15) is 0 Å². The number of benzene rings is 2. The van der Waals surface area contributed by atoms with Crippen LogP contribution in [0.25, 0.3) is 11.4 Å². The Bertz CT molecular complexity index is 1120. The minimum atomic E-state index is -0.564. The van der Waals surface area contributed by atoms with Gasteiger partial charge in [-0.15, -0.1) is 0 Å². The van der Waals surface area contributed by atoms with E-state index in [0.29, 0.717) is 23.6 Å². The predicted molar refractivity (Wildman–Crippen MR) is 116 cm³/mol. The Morgan fingerprint density at radius 1 is 1.03 bits per heavy atom. The summed E-state index contributed by atoms with van der Waals surface area (Å²) in [4.78, 5) is 42.4. The number of nitrogens with zero attached hydrogens (tertiary/aromatic N) is 2. The van der Waals surface area contributed by atoms with Crippen LogP contribution >= 0.6 is 0 Å². The van der Waals surface area contributed by atoms with Gasteiger partial charge in [-0.3, -0.25) is 19.0 Å². The standard InChI is InChI=1S/C23H24N4O3/c1-4-24-22(29)19-13-25-21(17-8-6-5-7-9-17)27(23(19)30)14-20(28)26-18-11-15(2)10-16(3)12-18/h5-13H,4,14H2,1-3H3,(H,24,29)(H,26,28). The van der Waals surface area contributed by atoms with Crippen LogP contribution in [0.1, 0.15) is 28.4 Å². The average Bonchev–Trinajstić information content (AvgIpc) is 2.69. The molecule has 7 heteroatoms. The van der Waals surface area contributed by atoms with Gasteiger partial charge in [0.25, 0.3) is 11.5 Å². The van der Waals surface area contributed by atoms with Gasteiger partial charge in [0.2, 0.25) is 5.91 Å². The van der Waals surface area contributed by atoms with Crippen molar-refractivity contribution in [2.45, 2.75) is 27.3 Å². The Labute approximate surface area is 174 Å². The fraction of sp³-hybridized carbons (Fsp3) is 0.217. The fourth-order valence-electron chi connectivity index (χ4n) is 3.26. The molecule has 2 N–H and O–H groups in total. The molecule has 0 aliphatic rings. The summed E-state index contributed by atoms with van der Waals surface area (Å²) < 4.78 is 1.23. The number of hydrogen-bond donors (Lipinski definition) is 2. The zero-order valence-corrected chi connectivity index (χ0v) is 17.2. The van der Waals surface area contributed by atoms with E-state index in [1.807, 2.05) is 50.2 Å². The molecule has 2 aromatic carbocycles. The van der Waals surface area contributed by atoms with Gasteiger partial charge in [0.05, 0.1) is 0 Å². The molecule has 0 saturated carbocycles. The lowest BCUT2D eigenvalue weighted by molar-refractivity contribution is -0.116. The van der Waals surface area contributed by atoms with Crippen LogP contribution < -0.4 is 16.2 Å². The van der Waals surface area contributed by atoms with Crippen LogP contribution in [0.5, 0.6) is 0 Å². The summed E-state index contributed by atoms with van der Waals surface area (Å²) in [6.07, 6.45) is 1.26. The maximum Gasteiger partial charge on any atom is 0.267 e. The van der Waals surface area contributed by atoms with E-state index in [0.717, 1.165) is 11.1 Å². The lowest BCUT2D eigenvalue weighted by atomic mass is 10.1. The van der Waals surface area contributed by atoms with E-state index < -0.39 is 11.5 Å². The summed E-state index contributed by atoms with van der Waals surface area (Å²) in [6.45, 7) is 5.77. The lowest BCUT2D eigenvalue weighted by Crippen LogP contribution is -2.36. The van der Waals surface area contributed by atoms with Gasteiger partial charge in [-0.1, -0.05) is 36.4 Å². The third-order valence-corrected chi connectivity index (χ3v) is 4.47. The van der Waals surface area contributed by atoms with Crippen molar-refractivity contribution in [1.29, 1.82) is 0 Å². The van der Waals surface area contributed by atoms with Crippen LogP contribution in [0.4, 0.5) is 5.69 Å². The van der Waals surface area contributed by atoms with E-state index in [2.05, 4.69) is 15.6 Å². The van der Waals surface area contributed by atoms with Crippen LogP contribution in [-0.4, -0.2) is 27.9 Å². The van der Waals surface area contributed by atoms with Gasteiger partial charge in [-0.25, -0.2) is 4.98 Å². The molecule has 1 heterocycles. The predicted octanol–water partition coefficient (Wildman–Crippen LogP) is 2.92. The number of hydrogen-bond acceptors (Lipinski definition) is 4. The number of anilines is 1. The first-order valence-electron chi connectivity index (χ1n) is 9.70. The largest absolute Gasteiger partial charge is 0.352 e. The van der Waals surface area contributed by atoms with Crippen molar-refractivity contribution < 1.29 is 9.59 Å². The Morgan fingerprint density at radius 2 is 1.70 bits per heavy atom. The van der Waals surface area contributed by atoms with Gasteiger partial charge in [-0.05, 0) is 44.0 Å². The van der Waals surface area contributed by atoms with E-state index >= 15 is 0 Å². The Hall–Kier alpha value is -3.74. The molecule has 1 aromatic heterocycles. The van der Waals surface area contributed by atoms with Gasteiger partial charge in [0.1, 0.15) is 17.9 Å². The van der Waals surface area contributed by atoms with Crippen LogP contribution in [0.15, 0.2) is 59.5 Å². The van der Waals surface area contributed by atoms with Crippen LogP contribution in [0.3, 0.4) is 0 Å². The zero-order chi connectivity index (χ0) is 21.7. The number of nitrogens with one attached hydrogen (secondary N) is 2. The van der Waals surface area contributed by atoms with Crippen LogP contribution in [0.2, 0.25) is 0 Å². The second-order valence-electron chi connectivity index (χ2n) is 7.04. The highest BCUT2D eigenvalue weighted by atomic mass is 16.2. The molecule has 154 valence electrons. The third kappa shape index (κ3) is 4.81. The summed E-state index contributed by atoms with van der Waals surface area (Å²) in [5, 5.41) is 5.43. The molecule has 0 aliphatic carbocycles. The van der Waals surface area contributed by atoms with Crippen LogP contribution in [-0.2, 0) is 11.3 Å². The lowest BCUT2D eigenvalue weighted by Gasteiger charge is -2.14. The monoisotopic (exact) mass is 404 g/mol. The number of aryl methyl sites for hydroxylation is 2. The van der Waals surface area contributed by atoms with E-state index in [1.165, 1.54) is 10.8 Å². The minimum Gasteiger partial charge on any atom is -0.352 e. The second kappa shape index (κ2) is 9.17. The second-order valence-corrected chi connectivity index (χ2v) is 7.04. The molecular formula is C23H24N4O3. The van der Waals surface area contributed by atoms with E-state index in [4.69, 9.17) is 0 Å². The van der Waals surface area contributed by atoms with Crippen molar-refractivity contribution in [3.8, 4) is 11.4 Å². The molecule has 0 aliphatic heterocycles. The molecule has 0 fully saturated rings.